The number of aromatic amines is 2. The van der Waals surface area contributed by atoms with E-state index in [9.17, 15) is 4.79 Å². The van der Waals surface area contributed by atoms with Gasteiger partial charge in [-0.25, -0.2) is 4.79 Å². The molecule has 0 aliphatic carbocycles. The van der Waals surface area contributed by atoms with Crippen LogP contribution in [-0.4, -0.2) is 15.1 Å². The standard InChI is InChI=1S/C10H10N2O2/c13-9-3-1-7(2-4-9)5-8-6-11-10(14)12-8/h1-4,6,13H,5H2,(H2,11,12,14). The predicted molar refractivity (Wildman–Crippen MR) is 52.3 cm³/mol. The van der Waals surface area contributed by atoms with E-state index >= 15 is 0 Å². The molecule has 0 unspecified atom stereocenters. The Bertz CT molecular complexity index is 467. The average molecular weight is 190 g/mol. The van der Waals surface area contributed by atoms with Crippen molar-refractivity contribution in [3.05, 3.63) is 52.2 Å². The molecule has 4 heteroatoms. The van der Waals surface area contributed by atoms with Crippen LogP contribution in [0.5, 0.6) is 5.75 Å². The minimum Gasteiger partial charge on any atom is -0.508 e. The molecule has 14 heavy (non-hydrogen) atoms. The van der Waals surface area contributed by atoms with Crippen LogP contribution in [0.3, 0.4) is 0 Å². The summed E-state index contributed by atoms with van der Waals surface area (Å²) in [7, 11) is 0. The predicted octanol–water partition coefficient (Wildman–Crippen LogP) is 0.999. The number of hydrogen-bond acceptors (Lipinski definition) is 2. The molecule has 0 aliphatic heterocycles. The molecular weight excluding hydrogens is 180 g/mol. The minimum atomic E-state index is -0.196. The van der Waals surface area contributed by atoms with E-state index in [1.807, 2.05) is 12.1 Å². The number of phenols is 1. The lowest BCUT2D eigenvalue weighted by Crippen LogP contribution is -2.01. The number of aromatic nitrogens is 2. The summed E-state index contributed by atoms with van der Waals surface area (Å²) < 4.78 is 0. The van der Waals surface area contributed by atoms with Gasteiger partial charge in [0, 0.05) is 18.3 Å². The Balaban J connectivity index is 2.19. The number of hydrogen-bond donors (Lipinski definition) is 3. The fourth-order valence-electron chi connectivity index (χ4n) is 1.30. The first-order chi connectivity index (χ1) is 6.74. The summed E-state index contributed by atoms with van der Waals surface area (Å²) in [4.78, 5) is 16.0. The Morgan fingerprint density at radius 1 is 1.21 bits per heavy atom. The van der Waals surface area contributed by atoms with Gasteiger partial charge in [-0.05, 0) is 17.7 Å². The van der Waals surface area contributed by atoms with Crippen LogP contribution in [0.1, 0.15) is 11.3 Å². The number of rotatable bonds is 2. The third-order valence-electron chi connectivity index (χ3n) is 1.98. The molecule has 0 bridgehead atoms. The Hall–Kier alpha value is -1.97. The topological polar surface area (TPSA) is 68.9 Å². The molecule has 72 valence electrons. The van der Waals surface area contributed by atoms with E-state index in [0.717, 1.165) is 11.3 Å². The van der Waals surface area contributed by atoms with Crippen molar-refractivity contribution in [3.63, 3.8) is 0 Å². The lowest BCUT2D eigenvalue weighted by atomic mass is 10.1. The number of imidazole rings is 1. The molecule has 2 aromatic rings. The van der Waals surface area contributed by atoms with Crippen molar-refractivity contribution in [2.75, 3.05) is 0 Å². The Kier molecular flexibility index (Phi) is 2.10. The van der Waals surface area contributed by atoms with Crippen LogP contribution in [0.15, 0.2) is 35.3 Å². The van der Waals surface area contributed by atoms with Gasteiger partial charge in [0.25, 0.3) is 0 Å². The minimum absolute atomic E-state index is 0.196. The van der Waals surface area contributed by atoms with Crippen LogP contribution in [0.4, 0.5) is 0 Å². The second kappa shape index (κ2) is 3.41. The van der Waals surface area contributed by atoms with Crippen molar-refractivity contribution in [1.29, 1.82) is 0 Å². The zero-order valence-corrected chi connectivity index (χ0v) is 7.45. The van der Waals surface area contributed by atoms with Gasteiger partial charge >= 0.3 is 5.69 Å². The Morgan fingerprint density at radius 3 is 2.50 bits per heavy atom. The van der Waals surface area contributed by atoms with Crippen LogP contribution >= 0.6 is 0 Å². The summed E-state index contributed by atoms with van der Waals surface area (Å²) in [5.74, 6) is 0.247. The summed E-state index contributed by atoms with van der Waals surface area (Å²) in [5.41, 5.74) is 1.68. The third kappa shape index (κ3) is 1.85. The first-order valence-electron chi connectivity index (χ1n) is 4.28. The van der Waals surface area contributed by atoms with Gasteiger partial charge in [-0.15, -0.1) is 0 Å². The smallest absolute Gasteiger partial charge is 0.323 e. The average Bonchev–Trinajstić information content (AvgIpc) is 2.56. The highest BCUT2D eigenvalue weighted by atomic mass is 16.3. The third-order valence-corrected chi connectivity index (χ3v) is 1.98. The molecule has 0 saturated carbocycles. The van der Waals surface area contributed by atoms with Crippen molar-refractivity contribution in [1.82, 2.24) is 9.97 Å². The van der Waals surface area contributed by atoms with E-state index in [0.29, 0.717) is 6.42 Å². The summed E-state index contributed by atoms with van der Waals surface area (Å²) in [5, 5.41) is 9.06. The summed E-state index contributed by atoms with van der Waals surface area (Å²) >= 11 is 0. The van der Waals surface area contributed by atoms with Gasteiger partial charge in [0.15, 0.2) is 0 Å². The van der Waals surface area contributed by atoms with Crippen molar-refractivity contribution < 1.29 is 5.11 Å². The highest BCUT2D eigenvalue weighted by molar-refractivity contribution is 5.28. The zero-order valence-electron chi connectivity index (χ0n) is 7.45. The molecule has 4 nitrogen and oxygen atoms in total. The van der Waals surface area contributed by atoms with Crippen molar-refractivity contribution in [3.8, 4) is 5.75 Å². The SMILES string of the molecule is O=c1[nH]cc(Cc2ccc(O)cc2)[nH]1. The lowest BCUT2D eigenvalue weighted by Gasteiger charge is -1.98. The molecule has 1 aromatic heterocycles. The first kappa shape index (κ1) is 8.62. The van der Waals surface area contributed by atoms with Gasteiger partial charge in [-0.3, -0.25) is 0 Å². The van der Waals surface area contributed by atoms with E-state index in [2.05, 4.69) is 9.97 Å². The Morgan fingerprint density at radius 2 is 1.93 bits per heavy atom. The van der Waals surface area contributed by atoms with Gasteiger partial charge in [-0.2, -0.15) is 0 Å². The van der Waals surface area contributed by atoms with Crippen molar-refractivity contribution >= 4 is 0 Å². The van der Waals surface area contributed by atoms with Gasteiger partial charge in [0.1, 0.15) is 5.75 Å². The molecule has 1 aromatic carbocycles. The van der Waals surface area contributed by atoms with E-state index in [1.165, 1.54) is 0 Å². The maximum absolute atomic E-state index is 10.8. The number of phenolic OH excluding ortho intramolecular Hbond substituents is 1. The van der Waals surface area contributed by atoms with Gasteiger partial charge in [0.05, 0.1) is 0 Å². The van der Waals surface area contributed by atoms with Crippen molar-refractivity contribution in [2.45, 2.75) is 6.42 Å². The molecule has 0 spiro atoms. The fraction of sp³-hybridized carbons (Fsp3) is 0.100. The summed E-state index contributed by atoms with van der Waals surface area (Å²) in [6.45, 7) is 0. The maximum atomic E-state index is 10.8. The molecule has 1 heterocycles. The number of H-pyrrole nitrogens is 2. The Labute approximate surface area is 80.2 Å². The second-order valence-corrected chi connectivity index (χ2v) is 3.11. The number of benzene rings is 1. The normalized spacial score (nSPS) is 10.3. The molecule has 0 radical (unpaired) electrons. The molecule has 0 aliphatic rings. The molecule has 3 N–H and O–H groups in total. The number of nitrogens with one attached hydrogen (secondary N) is 2. The molecule has 0 saturated heterocycles. The van der Waals surface area contributed by atoms with Crippen LogP contribution < -0.4 is 5.69 Å². The van der Waals surface area contributed by atoms with E-state index < -0.39 is 0 Å². The fourth-order valence-corrected chi connectivity index (χ4v) is 1.30. The molecule has 0 amide bonds. The van der Waals surface area contributed by atoms with Crippen LogP contribution in [0, 0.1) is 0 Å². The highest BCUT2D eigenvalue weighted by Gasteiger charge is 1.98. The zero-order chi connectivity index (χ0) is 9.97. The summed E-state index contributed by atoms with van der Waals surface area (Å²) in [6, 6.07) is 6.89. The quantitative estimate of drug-likeness (QED) is 0.661. The lowest BCUT2D eigenvalue weighted by molar-refractivity contribution is 0.475. The van der Waals surface area contributed by atoms with E-state index in [1.54, 1.807) is 18.3 Å². The van der Waals surface area contributed by atoms with Crippen LogP contribution in [-0.2, 0) is 6.42 Å². The molecule has 0 fully saturated rings. The number of aromatic hydroxyl groups is 1. The van der Waals surface area contributed by atoms with Gasteiger partial charge in [-0.1, -0.05) is 12.1 Å². The second-order valence-electron chi connectivity index (χ2n) is 3.11. The molecule has 2 rings (SSSR count). The highest BCUT2D eigenvalue weighted by Crippen LogP contribution is 2.11. The van der Waals surface area contributed by atoms with Crippen LogP contribution in [0.2, 0.25) is 0 Å². The molecular formula is C10H10N2O2. The molecule has 0 atom stereocenters. The van der Waals surface area contributed by atoms with E-state index in [-0.39, 0.29) is 11.4 Å². The van der Waals surface area contributed by atoms with Crippen molar-refractivity contribution in [2.24, 2.45) is 0 Å². The van der Waals surface area contributed by atoms with Gasteiger partial charge < -0.3 is 15.1 Å². The van der Waals surface area contributed by atoms with E-state index in [4.69, 9.17) is 5.11 Å². The summed E-state index contributed by atoms with van der Waals surface area (Å²) in [6.07, 6.45) is 2.30. The first-order valence-corrected chi connectivity index (χ1v) is 4.28. The maximum Gasteiger partial charge on any atom is 0.323 e. The monoisotopic (exact) mass is 190 g/mol. The van der Waals surface area contributed by atoms with Crippen LogP contribution in [0.25, 0.3) is 0 Å². The van der Waals surface area contributed by atoms with Gasteiger partial charge in [0.2, 0.25) is 0 Å². The largest absolute Gasteiger partial charge is 0.508 e.